The second-order valence-corrected chi connectivity index (χ2v) is 9.17. The predicted molar refractivity (Wildman–Crippen MR) is 116 cm³/mol. The summed E-state index contributed by atoms with van der Waals surface area (Å²) in [6.07, 6.45) is 6.99. The van der Waals surface area contributed by atoms with Crippen molar-refractivity contribution in [2.75, 3.05) is 39.3 Å². The maximum absolute atomic E-state index is 13.8. The van der Waals surface area contributed by atoms with Crippen LogP contribution in [0.4, 0.5) is 0 Å². The molecule has 6 rings (SSSR count). The van der Waals surface area contributed by atoms with Gasteiger partial charge in [0.25, 0.3) is 5.91 Å². The first-order chi connectivity index (χ1) is 14.2. The normalized spacial score (nSPS) is 28.9. The highest BCUT2D eigenvalue weighted by Crippen LogP contribution is 2.57. The lowest BCUT2D eigenvalue weighted by molar-refractivity contribution is -0.126. The van der Waals surface area contributed by atoms with E-state index in [-0.39, 0.29) is 11.3 Å². The molecule has 1 N–H and O–H groups in total. The Morgan fingerprint density at radius 2 is 2.00 bits per heavy atom. The zero-order chi connectivity index (χ0) is 19.6. The highest BCUT2D eigenvalue weighted by molar-refractivity contribution is 6.16. The minimum Gasteiger partial charge on any atom is -0.335 e. The predicted octanol–water partition coefficient (Wildman–Crippen LogP) is 3.02. The van der Waals surface area contributed by atoms with Gasteiger partial charge in [-0.1, -0.05) is 25.1 Å². The van der Waals surface area contributed by atoms with Gasteiger partial charge in [0.2, 0.25) is 0 Å². The monoisotopic (exact) mass is 390 g/mol. The number of piperidine rings is 1. The largest absolute Gasteiger partial charge is 0.335 e. The van der Waals surface area contributed by atoms with E-state index < -0.39 is 0 Å². The van der Waals surface area contributed by atoms with Crippen molar-refractivity contribution < 1.29 is 4.79 Å². The van der Waals surface area contributed by atoms with Crippen LogP contribution in [-0.4, -0.2) is 59.5 Å². The summed E-state index contributed by atoms with van der Waals surface area (Å²) in [4.78, 5) is 18.6. The average Bonchev–Trinajstić information content (AvgIpc) is 3.13. The third kappa shape index (κ3) is 2.37. The number of piperazine rings is 1. The van der Waals surface area contributed by atoms with Crippen molar-refractivity contribution in [2.45, 2.75) is 38.6 Å². The number of carbonyl (C=O) groups excluding carboxylic acids is 1. The molecule has 1 aromatic carbocycles. The first kappa shape index (κ1) is 17.7. The third-order valence-corrected chi connectivity index (χ3v) is 7.87. The van der Waals surface area contributed by atoms with Crippen molar-refractivity contribution in [1.82, 2.24) is 19.7 Å². The Balaban J connectivity index is 1.61. The fraction of sp³-hybridized carbons (Fsp3) is 0.542. The molecule has 2 atom stereocenters. The summed E-state index contributed by atoms with van der Waals surface area (Å²) in [5.74, 6) is 0.212. The molecule has 0 bridgehead atoms. The summed E-state index contributed by atoms with van der Waals surface area (Å²) in [6, 6.07) is 9.14. The van der Waals surface area contributed by atoms with Crippen molar-refractivity contribution in [3.8, 4) is 0 Å². The van der Waals surface area contributed by atoms with Gasteiger partial charge in [-0.15, -0.1) is 0 Å². The first-order valence-corrected chi connectivity index (χ1v) is 11.3. The number of benzene rings is 1. The zero-order valence-electron chi connectivity index (χ0n) is 17.3. The van der Waals surface area contributed by atoms with Crippen LogP contribution in [0.5, 0.6) is 0 Å². The van der Waals surface area contributed by atoms with Gasteiger partial charge in [0.15, 0.2) is 0 Å². The molecule has 152 valence electrons. The van der Waals surface area contributed by atoms with E-state index in [0.29, 0.717) is 6.04 Å². The summed E-state index contributed by atoms with van der Waals surface area (Å²) < 4.78 is 2.35. The van der Waals surface area contributed by atoms with Gasteiger partial charge < -0.3 is 14.8 Å². The van der Waals surface area contributed by atoms with Crippen LogP contribution in [-0.2, 0) is 11.2 Å². The van der Waals surface area contributed by atoms with Gasteiger partial charge in [-0.25, -0.2) is 0 Å². The lowest BCUT2D eigenvalue weighted by Crippen LogP contribution is -2.52. The van der Waals surface area contributed by atoms with E-state index in [2.05, 4.69) is 56.9 Å². The Morgan fingerprint density at radius 1 is 1.17 bits per heavy atom. The summed E-state index contributed by atoms with van der Waals surface area (Å²) in [6.45, 7) is 8.01. The van der Waals surface area contributed by atoms with Crippen molar-refractivity contribution >= 4 is 22.5 Å². The number of hydrogen-bond acceptors (Lipinski definition) is 3. The maximum atomic E-state index is 13.8. The number of carbonyl (C=O) groups is 1. The van der Waals surface area contributed by atoms with E-state index in [1.807, 2.05) is 0 Å². The summed E-state index contributed by atoms with van der Waals surface area (Å²) in [7, 11) is 0. The topological polar surface area (TPSA) is 40.5 Å². The molecular weight excluding hydrogens is 360 g/mol. The van der Waals surface area contributed by atoms with Crippen LogP contribution in [0.1, 0.15) is 43.5 Å². The van der Waals surface area contributed by atoms with Gasteiger partial charge in [-0.2, -0.15) is 0 Å². The van der Waals surface area contributed by atoms with Crippen LogP contribution in [0.3, 0.4) is 0 Å². The van der Waals surface area contributed by atoms with Crippen molar-refractivity contribution in [2.24, 2.45) is 5.41 Å². The lowest BCUT2D eigenvalue weighted by atomic mass is 9.66. The van der Waals surface area contributed by atoms with E-state index >= 15 is 0 Å². The molecule has 1 amide bonds. The number of hydrogen-bond donors (Lipinski definition) is 1. The molecule has 0 unspecified atom stereocenters. The number of nitrogens with one attached hydrogen (secondary N) is 1. The number of fused-ring (bicyclic) bond motifs is 3. The summed E-state index contributed by atoms with van der Waals surface area (Å²) in [5, 5.41) is 4.72. The molecule has 29 heavy (non-hydrogen) atoms. The Bertz CT molecular complexity index is 1020. The second-order valence-electron chi connectivity index (χ2n) is 9.17. The molecule has 5 nitrogen and oxygen atoms in total. The molecule has 0 radical (unpaired) electrons. The Hall–Kier alpha value is -2.11. The van der Waals surface area contributed by atoms with Gasteiger partial charge in [0, 0.05) is 49.2 Å². The van der Waals surface area contributed by atoms with Crippen LogP contribution in [0, 0.1) is 5.41 Å². The molecule has 0 saturated carbocycles. The van der Waals surface area contributed by atoms with Crippen molar-refractivity contribution in [3.05, 3.63) is 41.6 Å². The minimum atomic E-state index is 0.0802. The standard InChI is InChI=1S/C24H30N4O/c1-2-24-9-5-12-26-13-8-18-17-6-3-4-7-19(17)28(21(18)22(24)26)20(16-24)23(29)27-14-10-25-11-15-27/h3-4,6-7,16,22,25H,2,5,8-15H2,1H3/t22-,24+/m1/s1. The molecule has 5 heterocycles. The lowest BCUT2D eigenvalue weighted by Gasteiger charge is -2.53. The molecule has 0 aliphatic carbocycles. The Labute approximate surface area is 172 Å². The number of rotatable bonds is 2. The van der Waals surface area contributed by atoms with E-state index in [4.69, 9.17) is 0 Å². The molecule has 2 aromatic rings. The van der Waals surface area contributed by atoms with Crippen LogP contribution in [0.2, 0.25) is 0 Å². The Morgan fingerprint density at radius 3 is 2.83 bits per heavy atom. The molecule has 4 aliphatic rings. The quantitative estimate of drug-likeness (QED) is 0.857. The highest BCUT2D eigenvalue weighted by atomic mass is 16.2. The number of para-hydroxylation sites is 1. The molecule has 1 aromatic heterocycles. The smallest absolute Gasteiger partial charge is 0.270 e. The van der Waals surface area contributed by atoms with Crippen LogP contribution >= 0.6 is 0 Å². The average molecular weight is 391 g/mol. The maximum Gasteiger partial charge on any atom is 0.270 e. The molecule has 4 aliphatic heterocycles. The molecule has 2 fully saturated rings. The summed E-state index contributed by atoms with van der Waals surface area (Å²) >= 11 is 0. The van der Waals surface area contributed by atoms with Gasteiger partial charge in [0.1, 0.15) is 5.70 Å². The highest BCUT2D eigenvalue weighted by Gasteiger charge is 2.51. The van der Waals surface area contributed by atoms with Gasteiger partial charge in [-0.05, 0) is 49.9 Å². The Kier molecular flexibility index (Phi) is 3.94. The molecule has 5 heteroatoms. The number of amides is 1. The van der Waals surface area contributed by atoms with E-state index in [0.717, 1.165) is 51.3 Å². The van der Waals surface area contributed by atoms with Crippen molar-refractivity contribution in [1.29, 1.82) is 0 Å². The van der Waals surface area contributed by atoms with Crippen LogP contribution < -0.4 is 5.32 Å². The third-order valence-electron chi connectivity index (χ3n) is 7.87. The van der Waals surface area contributed by atoms with Crippen LogP contribution in [0.25, 0.3) is 16.6 Å². The molecule has 0 spiro atoms. The van der Waals surface area contributed by atoms with E-state index in [9.17, 15) is 4.79 Å². The second kappa shape index (κ2) is 6.44. The van der Waals surface area contributed by atoms with Gasteiger partial charge >= 0.3 is 0 Å². The fourth-order valence-electron chi connectivity index (χ4n) is 6.47. The van der Waals surface area contributed by atoms with E-state index in [1.54, 1.807) is 0 Å². The minimum absolute atomic E-state index is 0.0802. The van der Waals surface area contributed by atoms with Gasteiger partial charge in [0.05, 0.1) is 11.6 Å². The SMILES string of the molecule is CC[C@@]12C=C(C(=O)N3CCNCC3)n3c4c(c5ccccc53)CCN(CCC1)[C@H]42. The van der Waals surface area contributed by atoms with Gasteiger partial charge in [-0.3, -0.25) is 9.69 Å². The molecular formula is C24H30N4O. The van der Waals surface area contributed by atoms with E-state index in [1.165, 1.54) is 41.5 Å². The number of aromatic nitrogens is 1. The van der Waals surface area contributed by atoms with Crippen molar-refractivity contribution in [3.63, 3.8) is 0 Å². The van der Waals surface area contributed by atoms with Crippen LogP contribution in [0.15, 0.2) is 30.3 Å². The molecule has 2 saturated heterocycles. The number of nitrogens with zero attached hydrogens (tertiary/aromatic N) is 3. The fourth-order valence-corrected chi connectivity index (χ4v) is 6.47. The summed E-state index contributed by atoms with van der Waals surface area (Å²) in [5.41, 5.74) is 5.10. The zero-order valence-corrected chi connectivity index (χ0v) is 17.3. The first-order valence-electron chi connectivity index (χ1n) is 11.3.